The van der Waals surface area contributed by atoms with Crippen molar-refractivity contribution in [3.63, 3.8) is 0 Å². The zero-order valence-electron chi connectivity index (χ0n) is 23.0. The third kappa shape index (κ3) is 7.32. The lowest BCUT2D eigenvalue weighted by Crippen LogP contribution is -2.26. The van der Waals surface area contributed by atoms with E-state index in [1.807, 2.05) is 19.1 Å². The fourth-order valence-corrected chi connectivity index (χ4v) is 5.29. The maximum Gasteiger partial charge on any atom is 0.573 e. The van der Waals surface area contributed by atoms with Gasteiger partial charge < -0.3 is 15.2 Å². The molecule has 1 atom stereocenters. The molecule has 0 unspecified atom stereocenters. The summed E-state index contributed by atoms with van der Waals surface area (Å²) in [4.78, 5) is 23.2. The van der Waals surface area contributed by atoms with Crippen LogP contribution in [0.3, 0.4) is 0 Å². The van der Waals surface area contributed by atoms with Crippen LogP contribution in [0.15, 0.2) is 84.9 Å². The van der Waals surface area contributed by atoms with Gasteiger partial charge in [0.05, 0.1) is 23.9 Å². The summed E-state index contributed by atoms with van der Waals surface area (Å²) in [5.74, 6) is -1.73. The minimum atomic E-state index is -4.82. The number of nitrogens with one attached hydrogen (secondary N) is 1. The summed E-state index contributed by atoms with van der Waals surface area (Å²) >= 11 is 12.5. The molecule has 0 fully saturated rings. The number of carbonyl (C=O) groups excluding carboxylic acids is 1. The monoisotopic (exact) mass is 641 g/mol. The third-order valence-electron chi connectivity index (χ3n) is 6.88. The van der Waals surface area contributed by atoms with Gasteiger partial charge in [0, 0.05) is 33.3 Å². The fraction of sp³-hybridized carbons (Fsp3) is 0.156. The van der Waals surface area contributed by atoms with E-state index in [2.05, 4.69) is 10.1 Å². The largest absolute Gasteiger partial charge is 0.573 e. The number of amides is 1. The number of carboxylic acid groups (broad SMARTS) is 1. The molecule has 2 N–H and O–H groups in total. The van der Waals surface area contributed by atoms with Crippen LogP contribution in [0.2, 0.25) is 10.0 Å². The molecule has 0 saturated carbocycles. The van der Waals surface area contributed by atoms with E-state index in [1.165, 1.54) is 12.1 Å². The third-order valence-corrected chi connectivity index (χ3v) is 7.32. The first-order chi connectivity index (χ1) is 20.9. The molecule has 7 nitrogen and oxygen atoms in total. The summed E-state index contributed by atoms with van der Waals surface area (Å²) in [7, 11) is 0. The van der Waals surface area contributed by atoms with E-state index in [9.17, 15) is 22.8 Å². The summed E-state index contributed by atoms with van der Waals surface area (Å²) < 4.78 is 44.5. The van der Waals surface area contributed by atoms with Gasteiger partial charge in [-0.3, -0.25) is 14.3 Å². The number of carboxylic acids is 1. The van der Waals surface area contributed by atoms with Crippen molar-refractivity contribution >= 4 is 45.9 Å². The van der Waals surface area contributed by atoms with Crippen molar-refractivity contribution in [2.24, 2.45) is 0 Å². The highest BCUT2D eigenvalue weighted by molar-refractivity contribution is 6.35. The van der Waals surface area contributed by atoms with Crippen LogP contribution in [-0.2, 0) is 4.79 Å². The predicted octanol–water partition coefficient (Wildman–Crippen LogP) is 8.39. The summed E-state index contributed by atoms with van der Waals surface area (Å²) in [5.41, 5.74) is 3.78. The normalized spacial score (nSPS) is 12.2. The molecular weight excluding hydrogens is 618 g/mol. The van der Waals surface area contributed by atoms with Crippen molar-refractivity contribution < 1.29 is 32.6 Å². The van der Waals surface area contributed by atoms with Crippen molar-refractivity contribution in [3.05, 3.63) is 106 Å². The number of halogens is 5. The summed E-state index contributed by atoms with van der Waals surface area (Å²) in [6.07, 6.45) is -5.00. The van der Waals surface area contributed by atoms with Gasteiger partial charge in [0.1, 0.15) is 5.75 Å². The molecule has 0 aliphatic rings. The average Bonchev–Trinajstić information content (AvgIpc) is 3.41. The highest BCUT2D eigenvalue weighted by Crippen LogP contribution is 2.35. The van der Waals surface area contributed by atoms with Gasteiger partial charge in [-0.2, -0.15) is 5.10 Å². The van der Waals surface area contributed by atoms with E-state index in [0.29, 0.717) is 43.5 Å². The van der Waals surface area contributed by atoms with E-state index >= 15 is 0 Å². The highest BCUT2D eigenvalue weighted by Gasteiger charge is 2.31. The maximum atomic E-state index is 12.9. The molecule has 0 radical (unpaired) electrons. The van der Waals surface area contributed by atoms with Crippen molar-refractivity contribution in [1.82, 2.24) is 15.1 Å². The van der Waals surface area contributed by atoms with Crippen LogP contribution < -0.4 is 10.1 Å². The van der Waals surface area contributed by atoms with E-state index in [1.54, 1.807) is 65.3 Å². The zero-order chi connectivity index (χ0) is 31.6. The first kappa shape index (κ1) is 30.9. The number of carbonyl (C=O) groups is 2. The maximum absolute atomic E-state index is 12.9. The van der Waals surface area contributed by atoms with Crippen LogP contribution in [0.4, 0.5) is 13.2 Å². The lowest BCUT2D eigenvalue weighted by Gasteiger charge is -2.17. The van der Waals surface area contributed by atoms with Gasteiger partial charge in [-0.25, -0.2) is 0 Å². The molecule has 1 amide bonds. The smallest absolute Gasteiger partial charge is 0.481 e. The number of rotatable bonds is 9. The Labute approximate surface area is 259 Å². The number of fused-ring (bicyclic) bond motifs is 1. The minimum Gasteiger partial charge on any atom is -0.481 e. The van der Waals surface area contributed by atoms with Gasteiger partial charge >= 0.3 is 12.3 Å². The quantitative estimate of drug-likeness (QED) is 0.169. The number of hydrogen-bond donors (Lipinski definition) is 2. The molecule has 0 aliphatic carbocycles. The summed E-state index contributed by atoms with van der Waals surface area (Å²) in [6, 6.07) is 23.0. The Kier molecular flexibility index (Phi) is 8.85. The number of alkyl halides is 3. The molecule has 0 spiro atoms. The summed E-state index contributed by atoms with van der Waals surface area (Å²) in [6.45, 7) is 1.93. The predicted molar refractivity (Wildman–Crippen MR) is 162 cm³/mol. The van der Waals surface area contributed by atoms with E-state index < -0.39 is 18.2 Å². The topological polar surface area (TPSA) is 93.5 Å². The molecule has 44 heavy (non-hydrogen) atoms. The first-order valence-corrected chi connectivity index (χ1v) is 14.1. The van der Waals surface area contributed by atoms with Crippen LogP contribution in [0, 0.1) is 0 Å². The molecule has 4 aromatic carbocycles. The highest BCUT2D eigenvalue weighted by atomic mass is 35.5. The number of ether oxygens (including phenoxy) is 1. The summed E-state index contributed by atoms with van der Waals surface area (Å²) in [5, 5.41) is 18.4. The number of nitrogens with zero attached hydrogens (tertiary/aromatic N) is 2. The van der Waals surface area contributed by atoms with Crippen molar-refractivity contribution in [3.8, 4) is 28.3 Å². The molecule has 0 aliphatic heterocycles. The second-order valence-electron chi connectivity index (χ2n) is 9.99. The second-order valence-corrected chi connectivity index (χ2v) is 10.9. The van der Waals surface area contributed by atoms with Gasteiger partial charge in [0.25, 0.3) is 5.91 Å². The number of aromatic nitrogens is 2. The number of hydrogen-bond acceptors (Lipinski definition) is 4. The van der Waals surface area contributed by atoms with Crippen LogP contribution in [0.1, 0.15) is 35.3 Å². The molecule has 0 bridgehead atoms. The molecular formula is C32H24Cl2F3N3O4. The Balaban J connectivity index is 1.54. The molecule has 5 rings (SSSR count). The molecule has 12 heteroatoms. The Morgan fingerprint density at radius 3 is 2.25 bits per heavy atom. The Morgan fingerprint density at radius 2 is 1.59 bits per heavy atom. The van der Waals surface area contributed by atoms with E-state index in [4.69, 9.17) is 33.4 Å². The van der Waals surface area contributed by atoms with Gasteiger partial charge in [-0.1, -0.05) is 53.5 Å². The lowest BCUT2D eigenvalue weighted by molar-refractivity contribution is -0.274. The van der Waals surface area contributed by atoms with Crippen molar-refractivity contribution in [2.75, 3.05) is 6.54 Å². The van der Waals surface area contributed by atoms with Crippen molar-refractivity contribution in [2.45, 2.75) is 25.7 Å². The van der Waals surface area contributed by atoms with Gasteiger partial charge in [-0.05, 0) is 77.9 Å². The second kappa shape index (κ2) is 12.6. The van der Waals surface area contributed by atoms with Crippen LogP contribution in [0.25, 0.3) is 33.3 Å². The van der Waals surface area contributed by atoms with Gasteiger partial charge in [0.2, 0.25) is 0 Å². The van der Waals surface area contributed by atoms with Gasteiger partial charge in [0.15, 0.2) is 0 Å². The Hall–Kier alpha value is -4.54. The average molecular weight is 642 g/mol. The molecule has 0 saturated heterocycles. The van der Waals surface area contributed by atoms with Crippen LogP contribution in [-0.4, -0.2) is 39.7 Å². The molecule has 5 aromatic rings. The fourth-order valence-electron chi connectivity index (χ4n) is 4.77. The van der Waals surface area contributed by atoms with E-state index in [0.717, 1.165) is 10.9 Å². The molecule has 1 aromatic heterocycles. The van der Waals surface area contributed by atoms with Crippen LogP contribution >= 0.6 is 23.2 Å². The first-order valence-electron chi connectivity index (χ1n) is 13.3. The number of aliphatic carboxylic acids is 1. The minimum absolute atomic E-state index is 0.00878. The molecule has 226 valence electrons. The van der Waals surface area contributed by atoms with E-state index in [-0.39, 0.29) is 24.8 Å². The van der Waals surface area contributed by atoms with Gasteiger partial charge in [-0.15, -0.1) is 13.2 Å². The van der Waals surface area contributed by atoms with Crippen molar-refractivity contribution in [1.29, 1.82) is 0 Å². The SMILES string of the molecule is C[C@@H](c1ccc(C(=O)NCCC(=O)O)cc1)n1nc(-c2cc(Cl)cc(Cl)c2)cc1-c1ccc2ccc(OC(F)(F)F)cc2c1. The molecule has 1 heterocycles. The lowest BCUT2D eigenvalue weighted by atomic mass is 10.0. The van der Waals surface area contributed by atoms with Crippen LogP contribution in [0.5, 0.6) is 5.75 Å². The standard InChI is InChI=1S/C32H24Cl2F3N3O4/c1-18(19-2-5-21(6-3-19)31(43)38-11-10-30(41)42)40-29(17-28(39-40)24-13-25(33)16-26(34)14-24)22-7-4-20-8-9-27(15-23(20)12-22)44-32(35,36)37/h2-9,12-18H,10-11H2,1H3,(H,38,43)(H,41,42)/t18-/m0/s1. The Morgan fingerprint density at radius 1 is 0.909 bits per heavy atom. The zero-order valence-corrected chi connectivity index (χ0v) is 24.5. The Bertz CT molecular complexity index is 1840. The number of benzene rings is 4.